The van der Waals surface area contributed by atoms with E-state index in [1.54, 1.807) is 4.90 Å². The van der Waals surface area contributed by atoms with Gasteiger partial charge in [0.05, 0.1) is 0 Å². The largest absolute Gasteiger partial charge is 0.480 e. The molecule has 1 rings (SSSR count). The molecule has 0 aliphatic heterocycles. The van der Waals surface area contributed by atoms with Crippen LogP contribution in [0.25, 0.3) is 0 Å². The van der Waals surface area contributed by atoms with Crippen molar-refractivity contribution in [2.75, 3.05) is 18.0 Å². The summed E-state index contributed by atoms with van der Waals surface area (Å²) in [7, 11) is 0. The number of hydrogen-bond acceptors (Lipinski definition) is 4. The molecule has 5 heteroatoms. The molecule has 0 bridgehead atoms. The normalized spacial score (nSPS) is 10.6. The summed E-state index contributed by atoms with van der Waals surface area (Å²) in [5.41, 5.74) is 1.71. The Morgan fingerprint density at radius 3 is 2.29 bits per heavy atom. The highest BCUT2D eigenvalue weighted by atomic mass is 16.4. The standard InChI is InChI=1S/C12H19N3O2/c1-8(2)6-15(7-11(16)17)12-13-9(3)5-10(4)14-12/h5,8H,6-7H2,1-4H3,(H,16,17). The smallest absolute Gasteiger partial charge is 0.323 e. The summed E-state index contributed by atoms with van der Waals surface area (Å²) in [5, 5.41) is 8.90. The van der Waals surface area contributed by atoms with Crippen molar-refractivity contribution >= 4 is 11.9 Å². The topological polar surface area (TPSA) is 66.3 Å². The van der Waals surface area contributed by atoms with E-state index in [4.69, 9.17) is 5.11 Å². The minimum Gasteiger partial charge on any atom is -0.480 e. The van der Waals surface area contributed by atoms with Gasteiger partial charge in [-0.2, -0.15) is 0 Å². The molecule has 1 aromatic rings. The van der Waals surface area contributed by atoms with Gasteiger partial charge in [0.15, 0.2) is 0 Å². The van der Waals surface area contributed by atoms with Crippen LogP contribution in [0.4, 0.5) is 5.95 Å². The van der Waals surface area contributed by atoms with E-state index in [-0.39, 0.29) is 6.54 Å². The van der Waals surface area contributed by atoms with Crippen LogP contribution in [0.1, 0.15) is 25.2 Å². The van der Waals surface area contributed by atoms with Crippen molar-refractivity contribution in [3.63, 3.8) is 0 Å². The number of carboxylic acids is 1. The van der Waals surface area contributed by atoms with E-state index in [1.807, 2.05) is 33.8 Å². The van der Waals surface area contributed by atoms with Crippen LogP contribution >= 0.6 is 0 Å². The van der Waals surface area contributed by atoms with Crippen LogP contribution in [-0.4, -0.2) is 34.1 Å². The molecule has 0 saturated heterocycles. The predicted molar refractivity (Wildman–Crippen MR) is 66.2 cm³/mol. The van der Waals surface area contributed by atoms with Crippen molar-refractivity contribution in [2.24, 2.45) is 5.92 Å². The van der Waals surface area contributed by atoms with Gasteiger partial charge in [-0.05, 0) is 25.8 Å². The molecule has 1 N–H and O–H groups in total. The molecule has 0 aliphatic rings. The molecule has 0 atom stereocenters. The van der Waals surface area contributed by atoms with E-state index in [9.17, 15) is 4.79 Å². The summed E-state index contributed by atoms with van der Waals surface area (Å²) in [6, 6.07) is 1.87. The molecule has 0 radical (unpaired) electrons. The third-order valence-electron chi connectivity index (χ3n) is 2.16. The highest BCUT2D eigenvalue weighted by Crippen LogP contribution is 2.11. The average Bonchev–Trinajstić information content (AvgIpc) is 2.13. The van der Waals surface area contributed by atoms with Gasteiger partial charge in [0.2, 0.25) is 5.95 Å². The van der Waals surface area contributed by atoms with Crippen molar-refractivity contribution in [1.29, 1.82) is 0 Å². The molecule has 0 aromatic carbocycles. The minimum absolute atomic E-state index is 0.0684. The molecule has 1 heterocycles. The first-order valence-corrected chi connectivity index (χ1v) is 5.67. The third-order valence-corrected chi connectivity index (χ3v) is 2.16. The molecule has 0 unspecified atom stereocenters. The molecule has 0 aliphatic carbocycles. The van der Waals surface area contributed by atoms with Gasteiger partial charge in [-0.1, -0.05) is 13.8 Å². The van der Waals surface area contributed by atoms with Gasteiger partial charge in [-0.3, -0.25) is 4.79 Å². The van der Waals surface area contributed by atoms with Crippen molar-refractivity contribution in [2.45, 2.75) is 27.7 Å². The first-order valence-electron chi connectivity index (χ1n) is 5.67. The van der Waals surface area contributed by atoms with Gasteiger partial charge in [-0.25, -0.2) is 9.97 Å². The Hall–Kier alpha value is -1.65. The number of aryl methyl sites for hydroxylation is 2. The van der Waals surface area contributed by atoms with Crippen molar-refractivity contribution in [3.8, 4) is 0 Å². The van der Waals surface area contributed by atoms with Gasteiger partial charge in [-0.15, -0.1) is 0 Å². The predicted octanol–water partition coefficient (Wildman–Crippen LogP) is 1.64. The maximum Gasteiger partial charge on any atom is 0.323 e. The van der Waals surface area contributed by atoms with Crippen molar-refractivity contribution in [3.05, 3.63) is 17.5 Å². The second-order valence-electron chi connectivity index (χ2n) is 4.62. The monoisotopic (exact) mass is 237 g/mol. The summed E-state index contributed by atoms with van der Waals surface area (Å²) in [5.74, 6) is -0.00854. The van der Waals surface area contributed by atoms with Crippen LogP contribution in [0, 0.1) is 19.8 Å². The third kappa shape index (κ3) is 4.38. The molecule has 0 amide bonds. The van der Waals surface area contributed by atoms with E-state index in [2.05, 4.69) is 9.97 Å². The fourth-order valence-electron chi connectivity index (χ4n) is 1.67. The number of anilines is 1. The lowest BCUT2D eigenvalue weighted by molar-refractivity contribution is -0.135. The summed E-state index contributed by atoms with van der Waals surface area (Å²) in [6.45, 7) is 8.41. The zero-order valence-corrected chi connectivity index (χ0v) is 10.8. The molecule has 94 valence electrons. The first-order chi connectivity index (χ1) is 7.88. The Kier molecular flexibility index (Phi) is 4.43. The lowest BCUT2D eigenvalue weighted by Crippen LogP contribution is -2.34. The Morgan fingerprint density at radius 2 is 1.88 bits per heavy atom. The number of nitrogens with zero attached hydrogens (tertiary/aromatic N) is 3. The van der Waals surface area contributed by atoms with Gasteiger partial charge < -0.3 is 10.0 Å². The zero-order valence-electron chi connectivity index (χ0n) is 10.8. The number of aliphatic carboxylic acids is 1. The highest BCUT2D eigenvalue weighted by molar-refractivity contribution is 5.72. The van der Waals surface area contributed by atoms with Crippen LogP contribution in [0.2, 0.25) is 0 Å². The van der Waals surface area contributed by atoms with Gasteiger partial charge in [0.1, 0.15) is 6.54 Å². The van der Waals surface area contributed by atoms with E-state index >= 15 is 0 Å². The van der Waals surface area contributed by atoms with Crippen LogP contribution in [-0.2, 0) is 4.79 Å². The lowest BCUT2D eigenvalue weighted by atomic mass is 10.2. The quantitative estimate of drug-likeness (QED) is 0.843. The molecule has 1 aromatic heterocycles. The molecule has 0 spiro atoms. The summed E-state index contributed by atoms with van der Waals surface area (Å²) >= 11 is 0. The van der Waals surface area contributed by atoms with Gasteiger partial charge in [0, 0.05) is 17.9 Å². The second kappa shape index (κ2) is 5.61. The van der Waals surface area contributed by atoms with Crippen LogP contribution < -0.4 is 4.90 Å². The Morgan fingerprint density at radius 1 is 1.35 bits per heavy atom. The molecule has 5 nitrogen and oxygen atoms in total. The number of carboxylic acid groups (broad SMARTS) is 1. The fraction of sp³-hybridized carbons (Fsp3) is 0.583. The van der Waals surface area contributed by atoms with Crippen LogP contribution in [0.3, 0.4) is 0 Å². The molecular weight excluding hydrogens is 218 g/mol. The Labute approximate surface area is 102 Å². The fourth-order valence-corrected chi connectivity index (χ4v) is 1.67. The van der Waals surface area contributed by atoms with E-state index in [0.29, 0.717) is 18.4 Å². The van der Waals surface area contributed by atoms with Crippen molar-refractivity contribution in [1.82, 2.24) is 9.97 Å². The number of aromatic nitrogens is 2. The van der Waals surface area contributed by atoms with E-state index in [1.165, 1.54) is 0 Å². The summed E-state index contributed by atoms with van der Waals surface area (Å²) in [4.78, 5) is 21.1. The summed E-state index contributed by atoms with van der Waals surface area (Å²) < 4.78 is 0. The van der Waals surface area contributed by atoms with Crippen molar-refractivity contribution < 1.29 is 9.90 Å². The minimum atomic E-state index is -0.867. The number of rotatable bonds is 5. The number of hydrogen-bond donors (Lipinski definition) is 1. The molecule has 0 saturated carbocycles. The Bertz CT molecular complexity index is 384. The molecule has 0 fully saturated rings. The van der Waals surface area contributed by atoms with Crippen LogP contribution in [0.5, 0.6) is 0 Å². The Balaban J connectivity index is 2.98. The lowest BCUT2D eigenvalue weighted by Gasteiger charge is -2.23. The zero-order chi connectivity index (χ0) is 13.0. The van der Waals surface area contributed by atoms with Gasteiger partial charge >= 0.3 is 5.97 Å². The van der Waals surface area contributed by atoms with Gasteiger partial charge in [0.25, 0.3) is 0 Å². The van der Waals surface area contributed by atoms with E-state index in [0.717, 1.165) is 11.4 Å². The SMILES string of the molecule is Cc1cc(C)nc(N(CC(=O)O)CC(C)C)n1. The maximum atomic E-state index is 10.8. The molecule has 17 heavy (non-hydrogen) atoms. The maximum absolute atomic E-state index is 10.8. The number of carbonyl (C=O) groups is 1. The highest BCUT2D eigenvalue weighted by Gasteiger charge is 2.15. The van der Waals surface area contributed by atoms with E-state index < -0.39 is 5.97 Å². The average molecular weight is 237 g/mol. The molecular formula is C12H19N3O2. The summed E-state index contributed by atoms with van der Waals surface area (Å²) in [6.07, 6.45) is 0. The first kappa shape index (κ1) is 13.4. The van der Waals surface area contributed by atoms with Crippen LogP contribution in [0.15, 0.2) is 6.07 Å². The second-order valence-corrected chi connectivity index (χ2v) is 4.62.